The zero-order valence-electron chi connectivity index (χ0n) is 11.3. The van der Waals surface area contributed by atoms with Gasteiger partial charge in [-0.05, 0) is 31.0 Å². The lowest BCUT2D eigenvalue weighted by Crippen LogP contribution is -2.24. The van der Waals surface area contributed by atoms with Crippen molar-refractivity contribution in [2.75, 3.05) is 5.32 Å². The third kappa shape index (κ3) is 2.87. The molecule has 20 heavy (non-hydrogen) atoms. The van der Waals surface area contributed by atoms with Crippen molar-refractivity contribution < 1.29 is 4.79 Å². The van der Waals surface area contributed by atoms with E-state index >= 15 is 0 Å². The third-order valence-corrected chi connectivity index (χ3v) is 3.73. The number of nitrogens with zero attached hydrogens (tertiary/aromatic N) is 3. The van der Waals surface area contributed by atoms with Crippen LogP contribution < -0.4 is 5.32 Å². The Bertz CT molecular complexity index is 556. The van der Waals surface area contributed by atoms with Crippen molar-refractivity contribution in [3.8, 4) is 5.82 Å². The number of carbonyl (C=O) groups excluding carboxylic acids is 1. The van der Waals surface area contributed by atoms with E-state index in [1.54, 1.807) is 17.1 Å². The molecule has 0 bridgehead atoms. The van der Waals surface area contributed by atoms with Crippen LogP contribution in [0.3, 0.4) is 0 Å². The van der Waals surface area contributed by atoms with E-state index in [1.165, 1.54) is 6.42 Å². The van der Waals surface area contributed by atoms with Crippen molar-refractivity contribution >= 4 is 11.6 Å². The van der Waals surface area contributed by atoms with Gasteiger partial charge in [0.15, 0.2) is 5.82 Å². The van der Waals surface area contributed by atoms with Gasteiger partial charge in [-0.1, -0.05) is 19.3 Å². The summed E-state index contributed by atoms with van der Waals surface area (Å²) in [6.07, 6.45) is 10.8. The number of aromatic nitrogens is 3. The summed E-state index contributed by atoms with van der Waals surface area (Å²) in [5.74, 6) is 1.03. The van der Waals surface area contributed by atoms with Gasteiger partial charge in [-0.3, -0.25) is 4.79 Å². The molecular formula is C15H18N4O. The van der Waals surface area contributed by atoms with Crippen LogP contribution in [-0.2, 0) is 4.79 Å². The second-order valence-corrected chi connectivity index (χ2v) is 5.18. The Balaban J connectivity index is 1.64. The highest BCUT2D eigenvalue weighted by molar-refractivity contribution is 5.92. The number of hydrogen-bond acceptors (Lipinski definition) is 3. The summed E-state index contributed by atoms with van der Waals surface area (Å²) >= 11 is 0. The van der Waals surface area contributed by atoms with Gasteiger partial charge in [0.2, 0.25) is 5.91 Å². The SMILES string of the molecule is O=C(Nc1ccc(-n2cccn2)nc1)C1CCCCC1. The number of carbonyl (C=O) groups is 1. The molecule has 3 rings (SSSR count). The highest BCUT2D eigenvalue weighted by atomic mass is 16.1. The molecule has 1 amide bonds. The van der Waals surface area contributed by atoms with Gasteiger partial charge in [-0.2, -0.15) is 5.10 Å². The monoisotopic (exact) mass is 270 g/mol. The van der Waals surface area contributed by atoms with E-state index < -0.39 is 0 Å². The molecule has 0 aliphatic heterocycles. The van der Waals surface area contributed by atoms with E-state index in [1.807, 2.05) is 24.4 Å². The molecule has 1 N–H and O–H groups in total. The Kier molecular flexibility index (Phi) is 3.76. The first-order chi connectivity index (χ1) is 9.83. The Morgan fingerprint density at radius 1 is 1.25 bits per heavy atom. The van der Waals surface area contributed by atoms with Crippen molar-refractivity contribution in [2.24, 2.45) is 5.92 Å². The van der Waals surface area contributed by atoms with Gasteiger partial charge in [0.1, 0.15) is 0 Å². The van der Waals surface area contributed by atoms with Crippen molar-refractivity contribution in [3.05, 3.63) is 36.8 Å². The summed E-state index contributed by atoms with van der Waals surface area (Å²) in [6, 6.07) is 5.56. The number of nitrogens with one attached hydrogen (secondary N) is 1. The quantitative estimate of drug-likeness (QED) is 0.933. The van der Waals surface area contributed by atoms with Crippen LogP contribution in [0.2, 0.25) is 0 Å². The van der Waals surface area contributed by atoms with Gasteiger partial charge < -0.3 is 5.32 Å². The molecule has 0 spiro atoms. The minimum absolute atomic E-state index is 0.123. The van der Waals surface area contributed by atoms with Crippen LogP contribution in [0.15, 0.2) is 36.8 Å². The van der Waals surface area contributed by atoms with Crippen molar-refractivity contribution in [1.82, 2.24) is 14.8 Å². The van der Waals surface area contributed by atoms with E-state index in [0.29, 0.717) is 0 Å². The average molecular weight is 270 g/mol. The lowest BCUT2D eigenvalue weighted by Gasteiger charge is -2.20. The lowest BCUT2D eigenvalue weighted by atomic mass is 9.88. The third-order valence-electron chi connectivity index (χ3n) is 3.73. The summed E-state index contributed by atoms with van der Waals surface area (Å²) in [6.45, 7) is 0. The second-order valence-electron chi connectivity index (χ2n) is 5.18. The molecule has 5 heteroatoms. The average Bonchev–Trinajstić information content (AvgIpc) is 3.03. The van der Waals surface area contributed by atoms with Gasteiger partial charge in [0.25, 0.3) is 0 Å². The molecule has 1 aliphatic rings. The predicted molar refractivity (Wildman–Crippen MR) is 76.6 cm³/mol. The van der Waals surface area contributed by atoms with Crippen LogP contribution in [-0.4, -0.2) is 20.7 Å². The number of pyridine rings is 1. The van der Waals surface area contributed by atoms with Crippen LogP contribution in [0.25, 0.3) is 5.82 Å². The van der Waals surface area contributed by atoms with Crippen LogP contribution >= 0.6 is 0 Å². The van der Waals surface area contributed by atoms with Crippen LogP contribution in [0.4, 0.5) is 5.69 Å². The lowest BCUT2D eigenvalue weighted by molar-refractivity contribution is -0.120. The number of hydrogen-bond donors (Lipinski definition) is 1. The minimum atomic E-state index is 0.123. The van der Waals surface area contributed by atoms with Crippen molar-refractivity contribution in [1.29, 1.82) is 0 Å². The highest BCUT2D eigenvalue weighted by Gasteiger charge is 2.20. The van der Waals surface area contributed by atoms with Crippen molar-refractivity contribution in [2.45, 2.75) is 32.1 Å². The molecular weight excluding hydrogens is 252 g/mol. The predicted octanol–water partition coefficient (Wildman–Crippen LogP) is 2.79. The van der Waals surface area contributed by atoms with Crippen LogP contribution in [0.1, 0.15) is 32.1 Å². The van der Waals surface area contributed by atoms with Crippen LogP contribution in [0.5, 0.6) is 0 Å². The summed E-state index contributed by atoms with van der Waals surface area (Å²) in [5, 5.41) is 7.07. The largest absolute Gasteiger partial charge is 0.324 e. The molecule has 104 valence electrons. The molecule has 5 nitrogen and oxygen atoms in total. The zero-order chi connectivity index (χ0) is 13.8. The molecule has 2 aromatic rings. The first kappa shape index (κ1) is 12.8. The molecule has 0 unspecified atom stereocenters. The maximum atomic E-state index is 12.1. The fourth-order valence-electron chi connectivity index (χ4n) is 2.61. The van der Waals surface area contributed by atoms with Gasteiger partial charge >= 0.3 is 0 Å². The first-order valence-corrected chi connectivity index (χ1v) is 7.10. The number of amides is 1. The van der Waals surface area contributed by atoms with E-state index in [2.05, 4.69) is 15.4 Å². The first-order valence-electron chi connectivity index (χ1n) is 7.10. The molecule has 1 saturated carbocycles. The summed E-state index contributed by atoms with van der Waals surface area (Å²) in [4.78, 5) is 16.4. The second kappa shape index (κ2) is 5.86. The molecule has 1 fully saturated rings. The fraction of sp³-hybridized carbons (Fsp3) is 0.400. The van der Waals surface area contributed by atoms with Crippen molar-refractivity contribution in [3.63, 3.8) is 0 Å². The van der Waals surface area contributed by atoms with Gasteiger partial charge in [0, 0.05) is 18.3 Å². The van der Waals surface area contributed by atoms with Gasteiger partial charge in [0.05, 0.1) is 11.9 Å². The van der Waals surface area contributed by atoms with Gasteiger partial charge in [-0.25, -0.2) is 9.67 Å². The normalized spacial score (nSPS) is 16.0. The standard InChI is InChI=1S/C15H18N4O/c20-15(12-5-2-1-3-6-12)18-13-7-8-14(16-11-13)19-10-4-9-17-19/h4,7-12H,1-3,5-6H2,(H,18,20). The summed E-state index contributed by atoms with van der Waals surface area (Å²) in [5.41, 5.74) is 0.747. The van der Waals surface area contributed by atoms with E-state index in [9.17, 15) is 4.79 Å². The van der Waals surface area contributed by atoms with E-state index in [0.717, 1.165) is 37.2 Å². The maximum absolute atomic E-state index is 12.1. The Morgan fingerprint density at radius 3 is 2.75 bits per heavy atom. The molecule has 2 aromatic heterocycles. The number of rotatable bonds is 3. The molecule has 2 heterocycles. The molecule has 1 aliphatic carbocycles. The topological polar surface area (TPSA) is 59.8 Å². The molecule has 0 radical (unpaired) electrons. The number of anilines is 1. The molecule has 0 atom stereocenters. The maximum Gasteiger partial charge on any atom is 0.227 e. The molecule has 0 aromatic carbocycles. The summed E-state index contributed by atoms with van der Waals surface area (Å²) in [7, 11) is 0. The minimum Gasteiger partial charge on any atom is -0.324 e. The summed E-state index contributed by atoms with van der Waals surface area (Å²) < 4.78 is 1.69. The zero-order valence-corrected chi connectivity index (χ0v) is 11.3. The Morgan fingerprint density at radius 2 is 2.10 bits per heavy atom. The molecule has 0 saturated heterocycles. The fourth-order valence-corrected chi connectivity index (χ4v) is 2.61. The van der Waals surface area contributed by atoms with Crippen LogP contribution in [0, 0.1) is 5.92 Å². The highest BCUT2D eigenvalue weighted by Crippen LogP contribution is 2.24. The van der Waals surface area contributed by atoms with Gasteiger partial charge in [-0.15, -0.1) is 0 Å². The Labute approximate surface area is 118 Å². The Hall–Kier alpha value is -2.17. The van der Waals surface area contributed by atoms with E-state index in [-0.39, 0.29) is 11.8 Å². The van der Waals surface area contributed by atoms with E-state index in [4.69, 9.17) is 0 Å². The smallest absolute Gasteiger partial charge is 0.227 e.